The first-order valence-corrected chi connectivity index (χ1v) is 7.20. The van der Waals surface area contributed by atoms with Crippen molar-refractivity contribution in [3.63, 3.8) is 0 Å². The van der Waals surface area contributed by atoms with Gasteiger partial charge in [0.1, 0.15) is 11.6 Å². The Morgan fingerprint density at radius 1 is 1.12 bits per heavy atom. The molecule has 8 heteroatoms. The van der Waals surface area contributed by atoms with Gasteiger partial charge in [-0.25, -0.2) is 8.78 Å². The maximum Gasteiger partial charge on any atom is 0.387 e. The zero-order chi connectivity index (χ0) is 18.4. The summed E-state index contributed by atoms with van der Waals surface area (Å²) in [5, 5.41) is 0. The van der Waals surface area contributed by atoms with Gasteiger partial charge in [-0.1, -0.05) is 12.1 Å². The minimum Gasteiger partial charge on any atom is -0.481 e. The average Bonchev–Trinajstić information content (AvgIpc) is 2.55. The first-order valence-electron chi connectivity index (χ1n) is 7.20. The van der Waals surface area contributed by atoms with E-state index >= 15 is 0 Å². The highest BCUT2D eigenvalue weighted by atomic mass is 19.3. The summed E-state index contributed by atoms with van der Waals surface area (Å²) in [7, 11) is 1.51. The van der Waals surface area contributed by atoms with Crippen LogP contribution in [0.1, 0.15) is 5.56 Å². The van der Waals surface area contributed by atoms with Crippen LogP contribution >= 0.6 is 0 Å². The second-order valence-corrected chi connectivity index (χ2v) is 5.14. The number of carbonyl (C=O) groups is 1. The SMILES string of the molecule is CN(Cc1ccc(OC(F)F)cc1)C(=O)COc1ccc(F)cc1F. The summed E-state index contributed by atoms with van der Waals surface area (Å²) in [5.74, 6) is -2.28. The zero-order valence-corrected chi connectivity index (χ0v) is 13.2. The van der Waals surface area contributed by atoms with Crippen molar-refractivity contribution >= 4 is 5.91 Å². The van der Waals surface area contributed by atoms with Crippen molar-refractivity contribution < 1.29 is 31.8 Å². The largest absolute Gasteiger partial charge is 0.481 e. The molecule has 1 amide bonds. The lowest BCUT2D eigenvalue weighted by Crippen LogP contribution is -2.31. The molecule has 2 aromatic rings. The van der Waals surface area contributed by atoms with Crippen molar-refractivity contribution in [2.24, 2.45) is 0 Å². The van der Waals surface area contributed by atoms with Crippen LogP contribution in [0.2, 0.25) is 0 Å². The molecular weight excluding hydrogens is 342 g/mol. The standard InChI is InChI=1S/C17H15F4NO3/c1-22(9-11-2-5-13(6-3-11)25-17(20)21)16(23)10-24-15-7-4-12(18)8-14(15)19/h2-8,17H,9-10H2,1H3. The minimum absolute atomic E-state index is 0.0165. The van der Waals surface area contributed by atoms with Crippen molar-refractivity contribution in [1.29, 1.82) is 0 Å². The smallest absolute Gasteiger partial charge is 0.387 e. The molecule has 0 heterocycles. The number of halogens is 4. The van der Waals surface area contributed by atoms with E-state index in [2.05, 4.69) is 4.74 Å². The number of benzene rings is 2. The van der Waals surface area contributed by atoms with Crippen molar-refractivity contribution in [3.8, 4) is 11.5 Å². The number of carbonyl (C=O) groups excluding carboxylic acids is 1. The van der Waals surface area contributed by atoms with Gasteiger partial charge in [0.2, 0.25) is 0 Å². The van der Waals surface area contributed by atoms with Gasteiger partial charge in [0.05, 0.1) is 0 Å². The maximum atomic E-state index is 13.4. The molecule has 0 atom stereocenters. The van der Waals surface area contributed by atoms with E-state index in [9.17, 15) is 22.4 Å². The highest BCUT2D eigenvalue weighted by Crippen LogP contribution is 2.18. The Hall–Kier alpha value is -2.77. The maximum absolute atomic E-state index is 13.4. The van der Waals surface area contributed by atoms with Crippen LogP contribution in [0.5, 0.6) is 11.5 Å². The van der Waals surface area contributed by atoms with Crippen LogP contribution in [-0.4, -0.2) is 31.1 Å². The van der Waals surface area contributed by atoms with Gasteiger partial charge in [-0.3, -0.25) is 4.79 Å². The molecule has 0 fully saturated rings. The fraction of sp³-hybridized carbons (Fsp3) is 0.235. The number of amides is 1. The quantitative estimate of drug-likeness (QED) is 0.711. The van der Waals surface area contributed by atoms with Crippen LogP contribution in [0.25, 0.3) is 0 Å². The number of nitrogens with zero attached hydrogens (tertiary/aromatic N) is 1. The van der Waals surface area contributed by atoms with Crippen molar-refractivity contribution in [1.82, 2.24) is 4.90 Å². The molecule has 0 aliphatic heterocycles. The van der Waals surface area contributed by atoms with E-state index in [1.807, 2.05) is 0 Å². The monoisotopic (exact) mass is 357 g/mol. The van der Waals surface area contributed by atoms with Crippen LogP contribution in [0.4, 0.5) is 17.6 Å². The number of hydrogen-bond acceptors (Lipinski definition) is 3. The molecule has 0 aromatic heterocycles. The number of hydrogen-bond donors (Lipinski definition) is 0. The number of rotatable bonds is 7. The molecule has 0 aliphatic carbocycles. The molecule has 0 saturated carbocycles. The van der Waals surface area contributed by atoms with Crippen LogP contribution in [0.15, 0.2) is 42.5 Å². The van der Waals surface area contributed by atoms with Gasteiger partial charge in [-0.05, 0) is 29.8 Å². The lowest BCUT2D eigenvalue weighted by molar-refractivity contribution is -0.132. The van der Waals surface area contributed by atoms with Crippen molar-refractivity contribution in [2.45, 2.75) is 13.2 Å². The third-order valence-corrected chi connectivity index (χ3v) is 3.24. The van der Waals surface area contributed by atoms with Gasteiger partial charge in [0, 0.05) is 19.7 Å². The first kappa shape index (κ1) is 18.6. The van der Waals surface area contributed by atoms with E-state index in [1.165, 1.54) is 24.1 Å². The molecule has 0 unspecified atom stereocenters. The molecule has 0 saturated heterocycles. The summed E-state index contributed by atoms with van der Waals surface area (Å²) in [6, 6.07) is 8.60. The second kappa shape index (κ2) is 8.36. The molecule has 4 nitrogen and oxygen atoms in total. The van der Waals surface area contributed by atoms with E-state index in [4.69, 9.17) is 4.74 Å². The molecule has 25 heavy (non-hydrogen) atoms. The minimum atomic E-state index is -2.90. The molecule has 0 aliphatic rings. The van der Waals surface area contributed by atoms with Gasteiger partial charge in [0.25, 0.3) is 5.91 Å². The molecule has 2 aromatic carbocycles. The van der Waals surface area contributed by atoms with Crippen LogP contribution < -0.4 is 9.47 Å². The lowest BCUT2D eigenvalue weighted by Gasteiger charge is -2.18. The molecular formula is C17H15F4NO3. The Labute approximate surface area is 141 Å². The summed E-state index contributed by atoms with van der Waals surface area (Å²) >= 11 is 0. The fourth-order valence-corrected chi connectivity index (χ4v) is 1.98. The highest BCUT2D eigenvalue weighted by Gasteiger charge is 2.13. The van der Waals surface area contributed by atoms with Gasteiger partial charge >= 0.3 is 6.61 Å². The average molecular weight is 357 g/mol. The van der Waals surface area contributed by atoms with Crippen LogP contribution in [-0.2, 0) is 11.3 Å². The van der Waals surface area contributed by atoms with E-state index in [0.717, 1.165) is 12.1 Å². The summed E-state index contributed by atoms with van der Waals surface area (Å²) in [6.45, 7) is -3.13. The van der Waals surface area contributed by atoms with Gasteiger partial charge < -0.3 is 14.4 Å². The molecule has 0 bridgehead atoms. The first-order chi connectivity index (χ1) is 11.8. The lowest BCUT2D eigenvalue weighted by atomic mass is 10.2. The Kier molecular flexibility index (Phi) is 6.21. The molecule has 2 rings (SSSR count). The van der Waals surface area contributed by atoms with Crippen LogP contribution in [0.3, 0.4) is 0 Å². The molecule has 0 spiro atoms. The second-order valence-electron chi connectivity index (χ2n) is 5.14. The van der Waals surface area contributed by atoms with Crippen molar-refractivity contribution in [3.05, 3.63) is 59.7 Å². The predicted molar refractivity (Wildman–Crippen MR) is 81.4 cm³/mol. The van der Waals surface area contributed by atoms with Crippen molar-refractivity contribution in [2.75, 3.05) is 13.7 Å². The Bertz CT molecular complexity index is 722. The van der Waals surface area contributed by atoms with Gasteiger partial charge in [0.15, 0.2) is 18.2 Å². The van der Waals surface area contributed by atoms with E-state index < -0.39 is 30.8 Å². The Morgan fingerprint density at radius 2 is 1.80 bits per heavy atom. The number of likely N-dealkylation sites (N-methyl/N-ethyl adjacent to an activating group) is 1. The van der Waals surface area contributed by atoms with Crippen LogP contribution in [0, 0.1) is 11.6 Å². The topological polar surface area (TPSA) is 38.8 Å². The third kappa shape index (κ3) is 5.66. The Morgan fingerprint density at radius 3 is 2.40 bits per heavy atom. The third-order valence-electron chi connectivity index (χ3n) is 3.24. The van der Waals surface area contributed by atoms with E-state index in [1.54, 1.807) is 12.1 Å². The number of ether oxygens (including phenoxy) is 2. The summed E-state index contributed by atoms with van der Waals surface area (Å²) in [6.07, 6.45) is 0. The zero-order valence-electron chi connectivity index (χ0n) is 13.2. The predicted octanol–water partition coefficient (Wildman–Crippen LogP) is 3.60. The number of alkyl halides is 2. The van der Waals surface area contributed by atoms with Gasteiger partial charge in [-0.15, -0.1) is 0 Å². The summed E-state index contributed by atoms with van der Waals surface area (Å²) < 4.78 is 59.6. The van der Waals surface area contributed by atoms with E-state index in [-0.39, 0.29) is 18.0 Å². The van der Waals surface area contributed by atoms with E-state index in [0.29, 0.717) is 11.6 Å². The molecule has 0 N–H and O–H groups in total. The summed E-state index contributed by atoms with van der Waals surface area (Å²) in [5.41, 5.74) is 0.686. The summed E-state index contributed by atoms with van der Waals surface area (Å²) in [4.78, 5) is 13.3. The molecule has 0 radical (unpaired) electrons. The normalized spacial score (nSPS) is 10.6. The Balaban J connectivity index is 1.87. The fourth-order valence-electron chi connectivity index (χ4n) is 1.98. The highest BCUT2D eigenvalue weighted by molar-refractivity contribution is 5.77. The van der Waals surface area contributed by atoms with Gasteiger partial charge in [-0.2, -0.15) is 8.78 Å². The molecule has 134 valence electrons.